The van der Waals surface area contributed by atoms with E-state index in [1.807, 2.05) is 11.8 Å². The normalized spacial score (nSPS) is 15.1. The van der Waals surface area contributed by atoms with Crippen molar-refractivity contribution in [1.29, 1.82) is 0 Å². The Labute approximate surface area is 176 Å². The highest BCUT2D eigenvalue weighted by molar-refractivity contribution is 5.93. The monoisotopic (exact) mass is 417 g/mol. The summed E-state index contributed by atoms with van der Waals surface area (Å²) >= 11 is 0. The largest absolute Gasteiger partial charge is 0.477 e. The van der Waals surface area contributed by atoms with E-state index in [1.54, 1.807) is 10.6 Å². The van der Waals surface area contributed by atoms with Gasteiger partial charge in [-0.05, 0) is 32.0 Å². The van der Waals surface area contributed by atoms with Gasteiger partial charge in [0, 0.05) is 44.3 Å². The number of anilines is 1. The zero-order valence-electron chi connectivity index (χ0n) is 18.0. The Morgan fingerprint density at radius 2 is 1.77 bits per heavy atom. The lowest BCUT2D eigenvalue weighted by atomic mass is 10.1. The second-order valence-electron chi connectivity index (χ2n) is 8.03. The maximum atomic E-state index is 14.9. The first-order valence-corrected chi connectivity index (χ1v) is 11.0. The topological polar surface area (TPSA) is 65.8 Å². The summed E-state index contributed by atoms with van der Waals surface area (Å²) in [6.07, 6.45) is 7.66. The van der Waals surface area contributed by atoms with Crippen molar-refractivity contribution in [3.05, 3.63) is 39.9 Å². The molecule has 2 heterocycles. The van der Waals surface area contributed by atoms with Gasteiger partial charge in [-0.15, -0.1) is 0 Å². The van der Waals surface area contributed by atoms with Crippen molar-refractivity contribution >= 4 is 22.6 Å². The molecule has 0 amide bonds. The number of hydrogen-bond donors (Lipinski definition) is 1. The lowest BCUT2D eigenvalue weighted by Gasteiger charge is -2.36. The fourth-order valence-electron chi connectivity index (χ4n) is 4.21. The molecule has 0 unspecified atom stereocenters. The van der Waals surface area contributed by atoms with E-state index in [4.69, 9.17) is 0 Å². The van der Waals surface area contributed by atoms with Gasteiger partial charge in [0.2, 0.25) is 5.43 Å². The lowest BCUT2D eigenvalue weighted by molar-refractivity contribution is 0.0695. The molecule has 1 aromatic heterocycles. The number of aromatic nitrogens is 1. The first kappa shape index (κ1) is 22.3. The molecule has 0 saturated carbocycles. The maximum Gasteiger partial charge on any atom is 0.341 e. The van der Waals surface area contributed by atoms with Gasteiger partial charge in [-0.2, -0.15) is 0 Å². The van der Waals surface area contributed by atoms with Gasteiger partial charge < -0.3 is 14.6 Å². The zero-order chi connectivity index (χ0) is 21.7. The van der Waals surface area contributed by atoms with Crippen molar-refractivity contribution < 1.29 is 14.3 Å². The average molecular weight is 418 g/mol. The van der Waals surface area contributed by atoms with E-state index in [2.05, 4.69) is 11.8 Å². The van der Waals surface area contributed by atoms with Crippen LogP contribution in [0.3, 0.4) is 0 Å². The van der Waals surface area contributed by atoms with E-state index in [-0.39, 0.29) is 10.9 Å². The van der Waals surface area contributed by atoms with Crippen LogP contribution < -0.4 is 10.3 Å². The van der Waals surface area contributed by atoms with Crippen LogP contribution in [0.2, 0.25) is 0 Å². The summed E-state index contributed by atoms with van der Waals surface area (Å²) in [6, 6.07) is 2.90. The third kappa shape index (κ3) is 4.83. The molecule has 1 aromatic carbocycles. The molecule has 164 valence electrons. The molecule has 1 saturated heterocycles. The highest BCUT2D eigenvalue weighted by Crippen LogP contribution is 2.26. The van der Waals surface area contributed by atoms with E-state index in [1.165, 1.54) is 44.4 Å². The van der Waals surface area contributed by atoms with Crippen LogP contribution in [0.4, 0.5) is 10.1 Å². The molecule has 30 heavy (non-hydrogen) atoms. The molecular formula is C23H32FN3O3. The molecule has 0 bridgehead atoms. The number of carboxylic acid groups (broad SMARTS) is 1. The number of benzene rings is 1. The molecule has 0 aliphatic carbocycles. The van der Waals surface area contributed by atoms with E-state index < -0.39 is 17.2 Å². The lowest BCUT2D eigenvalue weighted by Crippen LogP contribution is -2.47. The molecule has 3 rings (SSSR count). The van der Waals surface area contributed by atoms with Crippen LogP contribution in [-0.2, 0) is 6.54 Å². The number of unbranched alkanes of at least 4 members (excludes halogenated alkanes) is 4. The molecule has 1 N–H and O–H groups in total. The second-order valence-corrected chi connectivity index (χ2v) is 8.03. The molecule has 2 aromatic rings. The molecule has 0 radical (unpaired) electrons. The molecular weight excluding hydrogens is 385 g/mol. The maximum absolute atomic E-state index is 14.9. The molecule has 1 aliphatic rings. The van der Waals surface area contributed by atoms with Crippen molar-refractivity contribution in [3.8, 4) is 0 Å². The molecule has 0 spiro atoms. The third-order valence-corrected chi connectivity index (χ3v) is 6.01. The predicted octanol–water partition coefficient (Wildman–Crippen LogP) is 3.95. The van der Waals surface area contributed by atoms with E-state index in [9.17, 15) is 19.1 Å². The number of pyridine rings is 1. The Morgan fingerprint density at radius 3 is 2.40 bits per heavy atom. The smallest absolute Gasteiger partial charge is 0.341 e. The molecule has 6 nitrogen and oxygen atoms in total. The summed E-state index contributed by atoms with van der Waals surface area (Å²) in [4.78, 5) is 28.3. The molecule has 7 heteroatoms. The van der Waals surface area contributed by atoms with Gasteiger partial charge in [0.05, 0.1) is 11.2 Å². The van der Waals surface area contributed by atoms with Gasteiger partial charge in [-0.3, -0.25) is 9.69 Å². The summed E-state index contributed by atoms with van der Waals surface area (Å²) in [7, 11) is 0. The van der Waals surface area contributed by atoms with Crippen LogP contribution in [0.15, 0.2) is 23.1 Å². The number of piperazine rings is 1. The van der Waals surface area contributed by atoms with Crippen molar-refractivity contribution in [2.45, 2.75) is 52.5 Å². The number of rotatable bonds is 9. The van der Waals surface area contributed by atoms with Gasteiger partial charge >= 0.3 is 5.97 Å². The summed E-state index contributed by atoms with van der Waals surface area (Å²) in [5.41, 5.74) is 0.0848. The van der Waals surface area contributed by atoms with E-state index in [0.29, 0.717) is 17.7 Å². The van der Waals surface area contributed by atoms with E-state index >= 15 is 0 Å². The predicted molar refractivity (Wildman–Crippen MR) is 118 cm³/mol. The number of nitrogens with zero attached hydrogens (tertiary/aromatic N) is 3. The minimum atomic E-state index is -1.29. The van der Waals surface area contributed by atoms with Crippen LogP contribution >= 0.6 is 0 Å². The number of halogens is 1. The Morgan fingerprint density at radius 1 is 1.07 bits per heavy atom. The number of hydrogen-bond acceptors (Lipinski definition) is 4. The Bertz CT molecular complexity index is 949. The van der Waals surface area contributed by atoms with Crippen LogP contribution in [0, 0.1) is 5.82 Å². The van der Waals surface area contributed by atoms with Gasteiger partial charge in [-0.1, -0.05) is 32.6 Å². The second kappa shape index (κ2) is 10.1. The number of carboxylic acids is 1. The third-order valence-electron chi connectivity index (χ3n) is 6.01. The first-order valence-electron chi connectivity index (χ1n) is 11.0. The standard InChI is InChI=1S/C23H32FN3O3/c1-3-5-6-7-8-9-25-10-12-27(13-11-25)21-15-20-17(14-19(21)24)22(28)18(23(29)30)16-26(20)4-2/h14-16H,3-13H2,1-2H3,(H,29,30). The van der Waals surface area contributed by atoms with Gasteiger partial charge in [0.25, 0.3) is 0 Å². The summed E-state index contributed by atoms with van der Waals surface area (Å²) in [5.74, 6) is -1.77. The molecule has 1 fully saturated rings. The van der Waals surface area contributed by atoms with Crippen molar-refractivity contribution in [2.75, 3.05) is 37.6 Å². The first-order chi connectivity index (χ1) is 14.5. The Hall–Kier alpha value is -2.41. The van der Waals surface area contributed by atoms with Crippen LogP contribution in [0.1, 0.15) is 56.3 Å². The van der Waals surface area contributed by atoms with Gasteiger partial charge in [-0.25, -0.2) is 9.18 Å². The molecule has 1 aliphatic heterocycles. The molecule has 0 atom stereocenters. The van der Waals surface area contributed by atoms with Crippen LogP contribution in [0.5, 0.6) is 0 Å². The van der Waals surface area contributed by atoms with Crippen molar-refractivity contribution in [1.82, 2.24) is 9.47 Å². The highest BCUT2D eigenvalue weighted by Gasteiger charge is 2.22. The minimum absolute atomic E-state index is 0.115. The van der Waals surface area contributed by atoms with Gasteiger partial charge in [0.15, 0.2) is 0 Å². The SMILES string of the molecule is CCCCCCCN1CCN(c2cc3c(cc2F)c(=O)c(C(=O)O)cn3CC)CC1. The highest BCUT2D eigenvalue weighted by atomic mass is 19.1. The summed E-state index contributed by atoms with van der Waals surface area (Å²) in [6.45, 7) is 8.93. The minimum Gasteiger partial charge on any atom is -0.477 e. The fourth-order valence-corrected chi connectivity index (χ4v) is 4.21. The number of aryl methyl sites for hydroxylation is 1. The Balaban J connectivity index is 1.76. The fraction of sp³-hybridized carbons (Fsp3) is 0.565. The average Bonchev–Trinajstić information content (AvgIpc) is 2.74. The summed E-state index contributed by atoms with van der Waals surface area (Å²) < 4.78 is 16.6. The van der Waals surface area contributed by atoms with Crippen LogP contribution in [-0.4, -0.2) is 53.3 Å². The van der Waals surface area contributed by atoms with E-state index in [0.717, 1.165) is 32.7 Å². The number of fused-ring (bicyclic) bond motifs is 1. The Kier molecular flexibility index (Phi) is 7.48. The number of aromatic carboxylic acids is 1. The number of carbonyl (C=O) groups is 1. The quantitative estimate of drug-likeness (QED) is 0.626. The zero-order valence-corrected chi connectivity index (χ0v) is 18.0. The van der Waals surface area contributed by atoms with Crippen molar-refractivity contribution in [3.63, 3.8) is 0 Å². The van der Waals surface area contributed by atoms with Crippen molar-refractivity contribution in [2.24, 2.45) is 0 Å². The van der Waals surface area contributed by atoms with Gasteiger partial charge in [0.1, 0.15) is 11.4 Å². The van der Waals surface area contributed by atoms with Crippen LogP contribution in [0.25, 0.3) is 10.9 Å². The summed E-state index contributed by atoms with van der Waals surface area (Å²) in [5, 5.41) is 9.40.